The zero-order chi connectivity index (χ0) is 13.2. The topological polar surface area (TPSA) is 54.5 Å². The fourth-order valence-corrected chi connectivity index (χ4v) is 7.53. The molecule has 0 radical (unpaired) electrons. The van der Waals surface area contributed by atoms with Gasteiger partial charge in [0.05, 0.1) is 11.5 Å². The number of amides is 1. The molecule has 6 heteroatoms. The molecule has 1 amide bonds. The molecule has 4 aliphatic carbocycles. The third-order valence-corrected chi connectivity index (χ3v) is 7.72. The molecule has 0 aromatic heterocycles. The van der Waals surface area contributed by atoms with E-state index in [1.807, 2.05) is 0 Å². The lowest BCUT2D eigenvalue weighted by Crippen LogP contribution is -2.58. The minimum Gasteiger partial charge on any atom is -0.273 e. The summed E-state index contributed by atoms with van der Waals surface area (Å²) in [6, 6.07) is 0. The first-order valence-corrected chi connectivity index (χ1v) is 9.19. The van der Waals surface area contributed by atoms with Gasteiger partial charge in [-0.25, -0.2) is 4.31 Å². The van der Waals surface area contributed by atoms with Crippen molar-refractivity contribution in [3.05, 3.63) is 12.2 Å². The molecule has 5 aliphatic rings. The Morgan fingerprint density at radius 3 is 2.89 bits per heavy atom. The van der Waals surface area contributed by atoms with E-state index in [2.05, 4.69) is 12.2 Å². The van der Waals surface area contributed by atoms with Crippen LogP contribution in [0.1, 0.15) is 25.7 Å². The summed E-state index contributed by atoms with van der Waals surface area (Å²) in [6.45, 7) is 0. The van der Waals surface area contributed by atoms with Gasteiger partial charge in [-0.3, -0.25) is 4.79 Å². The molecule has 0 bridgehead atoms. The summed E-state index contributed by atoms with van der Waals surface area (Å²) in [4.78, 5) is 12.6. The van der Waals surface area contributed by atoms with Crippen molar-refractivity contribution in [1.82, 2.24) is 4.31 Å². The molecular weight excluding hydrogens is 286 g/mol. The van der Waals surface area contributed by atoms with Gasteiger partial charge >= 0.3 is 9.24 Å². The third kappa shape index (κ3) is 0.916. The van der Waals surface area contributed by atoms with E-state index in [0.717, 1.165) is 30.0 Å². The van der Waals surface area contributed by atoms with Gasteiger partial charge in [-0.05, 0) is 37.0 Å². The minimum atomic E-state index is -3.97. The molecule has 102 valence electrons. The maximum Gasteiger partial charge on any atom is 0.324 e. The molecular formula is C13H14ClNO3S. The van der Waals surface area contributed by atoms with E-state index in [0.29, 0.717) is 17.8 Å². The van der Waals surface area contributed by atoms with Gasteiger partial charge in [0.1, 0.15) is 0 Å². The van der Waals surface area contributed by atoms with Gasteiger partial charge in [0.15, 0.2) is 0 Å². The van der Waals surface area contributed by atoms with Crippen molar-refractivity contribution in [3.63, 3.8) is 0 Å². The van der Waals surface area contributed by atoms with Gasteiger partial charge in [0.25, 0.3) is 0 Å². The fourth-order valence-electron chi connectivity index (χ4n) is 5.85. The van der Waals surface area contributed by atoms with E-state index < -0.39 is 14.8 Å². The molecule has 1 aliphatic heterocycles. The second kappa shape index (κ2) is 2.75. The molecule has 4 nitrogen and oxygen atoms in total. The molecule has 6 atom stereocenters. The Morgan fingerprint density at radius 1 is 1.37 bits per heavy atom. The highest BCUT2D eigenvalue weighted by Gasteiger charge is 2.89. The molecule has 5 rings (SSSR count). The smallest absolute Gasteiger partial charge is 0.273 e. The zero-order valence-electron chi connectivity index (χ0n) is 10.3. The number of fused-ring (bicyclic) bond motifs is 2. The number of hydrogen-bond donors (Lipinski definition) is 0. The number of hydrogen-bond acceptors (Lipinski definition) is 3. The molecule has 0 aromatic rings. The molecule has 0 aromatic carbocycles. The summed E-state index contributed by atoms with van der Waals surface area (Å²) in [5.74, 6) is 0.766. The van der Waals surface area contributed by atoms with E-state index in [1.54, 1.807) is 0 Å². The summed E-state index contributed by atoms with van der Waals surface area (Å²) < 4.78 is 25.0. The number of piperidine rings is 1. The highest BCUT2D eigenvalue weighted by atomic mass is 35.7. The Kier molecular flexibility index (Phi) is 1.61. The van der Waals surface area contributed by atoms with Crippen molar-refractivity contribution in [2.45, 2.75) is 31.2 Å². The predicted molar refractivity (Wildman–Crippen MR) is 68.4 cm³/mol. The number of carbonyl (C=O) groups excluding carboxylic acids is 1. The minimum absolute atomic E-state index is 0.124. The molecule has 3 saturated carbocycles. The number of nitrogens with zero attached hydrogens (tertiary/aromatic N) is 1. The van der Waals surface area contributed by atoms with Crippen LogP contribution in [0.2, 0.25) is 0 Å². The van der Waals surface area contributed by atoms with Crippen LogP contribution in [0.4, 0.5) is 0 Å². The van der Waals surface area contributed by atoms with E-state index in [4.69, 9.17) is 10.7 Å². The van der Waals surface area contributed by atoms with Crippen LogP contribution in [0.3, 0.4) is 0 Å². The van der Waals surface area contributed by atoms with Crippen molar-refractivity contribution in [2.24, 2.45) is 29.1 Å². The average molecular weight is 300 g/mol. The molecule has 0 N–H and O–H groups in total. The van der Waals surface area contributed by atoms with Crippen LogP contribution in [0.15, 0.2) is 12.2 Å². The molecule has 1 heterocycles. The average Bonchev–Trinajstić information content (AvgIpc) is 3.16. The summed E-state index contributed by atoms with van der Waals surface area (Å²) in [5.41, 5.74) is -0.723. The van der Waals surface area contributed by atoms with Crippen molar-refractivity contribution in [2.75, 3.05) is 0 Å². The Morgan fingerprint density at radius 2 is 2.16 bits per heavy atom. The number of allylic oxidation sites excluding steroid dienone is 1. The second-order valence-corrected chi connectivity index (χ2v) is 9.10. The first-order valence-electron chi connectivity index (χ1n) is 6.93. The quantitative estimate of drug-likeness (QED) is 0.547. The first kappa shape index (κ1) is 11.1. The monoisotopic (exact) mass is 299 g/mol. The van der Waals surface area contributed by atoms with Gasteiger partial charge in [-0.2, -0.15) is 8.42 Å². The normalized spacial score (nSPS) is 56.5. The van der Waals surface area contributed by atoms with E-state index in [9.17, 15) is 13.2 Å². The van der Waals surface area contributed by atoms with Crippen LogP contribution < -0.4 is 0 Å². The van der Waals surface area contributed by atoms with Crippen molar-refractivity contribution in [3.8, 4) is 0 Å². The SMILES string of the molecule is O=C1[C@@H]2[C@@H]3CCC[C@]4([C@@H]5C[C@@H]5C=C[C@]234)N1S(=O)(=O)Cl. The zero-order valence-corrected chi connectivity index (χ0v) is 11.8. The molecule has 0 unspecified atom stereocenters. The third-order valence-electron chi connectivity index (χ3n) is 6.36. The Hall–Kier alpha value is -0.550. The number of carbonyl (C=O) groups is 1. The van der Waals surface area contributed by atoms with Gasteiger partial charge in [0, 0.05) is 16.1 Å². The Balaban J connectivity index is 1.81. The van der Waals surface area contributed by atoms with E-state index >= 15 is 0 Å². The largest absolute Gasteiger partial charge is 0.324 e. The van der Waals surface area contributed by atoms with Crippen molar-refractivity contribution < 1.29 is 13.2 Å². The van der Waals surface area contributed by atoms with E-state index in [1.165, 1.54) is 0 Å². The molecule has 1 spiro atoms. The Labute approximate surface area is 116 Å². The van der Waals surface area contributed by atoms with Gasteiger partial charge < -0.3 is 0 Å². The summed E-state index contributed by atoms with van der Waals surface area (Å²) in [5, 5.41) is 0. The fraction of sp³-hybridized carbons (Fsp3) is 0.769. The standard InChI is InChI=1S/C13H14ClNO3S/c14-19(17,18)15-11(16)10-8-2-1-4-13(15)9-6-7(9)3-5-12(8,10)13/h3,5,7-10H,1-2,4,6H2/t7-,8-,9+,10-,12+,13+/m0/s1. The molecule has 19 heavy (non-hydrogen) atoms. The summed E-state index contributed by atoms with van der Waals surface area (Å²) in [6.07, 6.45) is 8.26. The highest BCUT2D eigenvalue weighted by molar-refractivity contribution is 8.12. The maximum absolute atomic E-state index is 12.6. The Bertz CT molecular complexity index is 659. The summed E-state index contributed by atoms with van der Waals surface area (Å²) >= 11 is 0. The first-order chi connectivity index (χ1) is 8.94. The van der Waals surface area contributed by atoms with Crippen molar-refractivity contribution >= 4 is 25.8 Å². The lowest BCUT2D eigenvalue weighted by atomic mass is 9.66. The van der Waals surface area contributed by atoms with Crippen LogP contribution in [0.25, 0.3) is 0 Å². The number of rotatable bonds is 1. The highest BCUT2D eigenvalue weighted by Crippen LogP contribution is 2.83. The van der Waals surface area contributed by atoms with Crippen LogP contribution in [0, 0.1) is 29.1 Å². The number of halogens is 1. The van der Waals surface area contributed by atoms with E-state index in [-0.39, 0.29) is 17.2 Å². The molecule has 4 fully saturated rings. The van der Waals surface area contributed by atoms with Gasteiger partial charge in [-0.15, -0.1) is 0 Å². The van der Waals surface area contributed by atoms with Crippen LogP contribution in [0.5, 0.6) is 0 Å². The van der Waals surface area contributed by atoms with Crippen LogP contribution in [-0.4, -0.2) is 24.2 Å². The van der Waals surface area contributed by atoms with Crippen LogP contribution >= 0.6 is 10.7 Å². The maximum atomic E-state index is 12.6. The summed E-state index contributed by atoms with van der Waals surface area (Å²) in [7, 11) is 1.64. The van der Waals surface area contributed by atoms with Crippen molar-refractivity contribution in [1.29, 1.82) is 0 Å². The predicted octanol–water partition coefficient (Wildman–Crippen LogP) is 1.67. The van der Waals surface area contributed by atoms with Gasteiger partial charge in [-0.1, -0.05) is 18.6 Å². The van der Waals surface area contributed by atoms with Crippen LogP contribution in [-0.2, 0) is 14.0 Å². The molecule has 1 saturated heterocycles. The lowest BCUT2D eigenvalue weighted by Gasteiger charge is -2.48. The lowest BCUT2D eigenvalue weighted by molar-refractivity contribution is -0.130. The second-order valence-electron chi connectivity index (χ2n) is 6.74. The van der Waals surface area contributed by atoms with Gasteiger partial charge in [0.2, 0.25) is 5.91 Å².